The number of nitrogens with one attached hydrogen (secondary N) is 1. The summed E-state index contributed by atoms with van der Waals surface area (Å²) in [4.78, 5) is 8.02. The molecule has 0 fully saturated rings. The average Bonchev–Trinajstić information content (AvgIpc) is 2.41. The lowest BCUT2D eigenvalue weighted by Gasteiger charge is -2.07. The summed E-state index contributed by atoms with van der Waals surface area (Å²) in [6, 6.07) is 8.69. The number of hydrogen-bond donors (Lipinski definition) is 1. The molecule has 0 aliphatic carbocycles. The Bertz CT molecular complexity index is 609. The Kier molecular flexibility index (Phi) is 3.60. The van der Waals surface area contributed by atoms with Crippen LogP contribution in [0.1, 0.15) is 5.69 Å². The van der Waals surface area contributed by atoms with Crippen molar-refractivity contribution in [1.29, 1.82) is 5.26 Å². The van der Waals surface area contributed by atoms with Crippen molar-refractivity contribution in [2.75, 3.05) is 12.4 Å². The van der Waals surface area contributed by atoms with E-state index in [2.05, 4.69) is 15.3 Å². The summed E-state index contributed by atoms with van der Waals surface area (Å²) in [5.74, 6) is 0.900. The molecule has 0 amide bonds. The highest BCUT2D eigenvalue weighted by Crippen LogP contribution is 2.28. The highest BCUT2D eigenvalue weighted by Gasteiger charge is 2.04. The zero-order valence-corrected chi connectivity index (χ0v) is 10.3. The Hall–Kier alpha value is -2.32. The molecule has 1 aromatic carbocycles. The van der Waals surface area contributed by atoms with Gasteiger partial charge in [0.2, 0.25) is 5.95 Å². The summed E-state index contributed by atoms with van der Waals surface area (Å²) < 4.78 is 5.10. The predicted octanol–water partition coefficient (Wildman–Crippen LogP) is 2.75. The molecule has 18 heavy (non-hydrogen) atoms. The van der Waals surface area contributed by atoms with Gasteiger partial charge in [-0.1, -0.05) is 11.6 Å². The van der Waals surface area contributed by atoms with E-state index < -0.39 is 0 Å². The second-order valence-corrected chi connectivity index (χ2v) is 3.76. The van der Waals surface area contributed by atoms with Gasteiger partial charge in [-0.2, -0.15) is 5.26 Å². The Morgan fingerprint density at radius 1 is 1.39 bits per heavy atom. The van der Waals surface area contributed by atoms with E-state index in [-0.39, 0.29) is 0 Å². The maximum atomic E-state index is 8.74. The Balaban J connectivity index is 2.26. The van der Waals surface area contributed by atoms with Crippen LogP contribution in [-0.2, 0) is 0 Å². The highest BCUT2D eigenvalue weighted by molar-refractivity contribution is 6.32. The number of aromatic nitrogens is 2. The first-order valence-corrected chi connectivity index (χ1v) is 5.44. The van der Waals surface area contributed by atoms with E-state index in [1.54, 1.807) is 18.2 Å². The first-order valence-electron chi connectivity index (χ1n) is 5.06. The van der Waals surface area contributed by atoms with E-state index in [1.807, 2.05) is 6.07 Å². The van der Waals surface area contributed by atoms with E-state index in [9.17, 15) is 0 Å². The van der Waals surface area contributed by atoms with E-state index in [0.29, 0.717) is 22.4 Å². The number of rotatable bonds is 3. The molecule has 0 spiro atoms. The predicted molar refractivity (Wildman–Crippen MR) is 68.0 cm³/mol. The zero-order valence-electron chi connectivity index (χ0n) is 9.51. The van der Waals surface area contributed by atoms with Crippen LogP contribution in [0.15, 0.2) is 30.5 Å². The summed E-state index contributed by atoms with van der Waals surface area (Å²) in [5, 5.41) is 12.2. The number of anilines is 2. The van der Waals surface area contributed by atoms with Crippen molar-refractivity contribution in [2.45, 2.75) is 0 Å². The van der Waals surface area contributed by atoms with Crippen molar-refractivity contribution in [3.8, 4) is 11.8 Å². The average molecular weight is 261 g/mol. The van der Waals surface area contributed by atoms with Gasteiger partial charge in [0.25, 0.3) is 0 Å². The molecule has 0 aliphatic heterocycles. The number of methoxy groups -OCH3 is 1. The molecule has 0 bridgehead atoms. The fourth-order valence-corrected chi connectivity index (χ4v) is 1.54. The standard InChI is InChI=1S/C12H9ClN4O/c1-18-11-6-8(2-3-10(11)13)16-12-15-5-4-9(7-14)17-12/h2-6H,1H3,(H,15,16,17). The van der Waals surface area contributed by atoms with Gasteiger partial charge in [0, 0.05) is 18.0 Å². The molecule has 0 saturated heterocycles. The van der Waals surface area contributed by atoms with Crippen LogP contribution in [0.2, 0.25) is 5.02 Å². The fraction of sp³-hybridized carbons (Fsp3) is 0.0833. The van der Waals surface area contributed by atoms with Gasteiger partial charge < -0.3 is 10.1 Å². The van der Waals surface area contributed by atoms with E-state index >= 15 is 0 Å². The highest BCUT2D eigenvalue weighted by atomic mass is 35.5. The number of halogens is 1. The number of ether oxygens (including phenoxy) is 1. The van der Waals surface area contributed by atoms with Crippen molar-refractivity contribution in [1.82, 2.24) is 9.97 Å². The van der Waals surface area contributed by atoms with E-state index in [1.165, 1.54) is 19.4 Å². The van der Waals surface area contributed by atoms with Crippen molar-refractivity contribution in [3.63, 3.8) is 0 Å². The third kappa shape index (κ3) is 2.67. The zero-order chi connectivity index (χ0) is 13.0. The van der Waals surface area contributed by atoms with Crippen molar-refractivity contribution < 1.29 is 4.74 Å². The summed E-state index contributed by atoms with van der Waals surface area (Å²) in [5.41, 5.74) is 1.03. The van der Waals surface area contributed by atoms with Crippen LogP contribution in [0.3, 0.4) is 0 Å². The molecule has 1 aromatic heterocycles. The second-order valence-electron chi connectivity index (χ2n) is 3.35. The largest absolute Gasteiger partial charge is 0.495 e. The minimum Gasteiger partial charge on any atom is -0.495 e. The van der Waals surface area contributed by atoms with Crippen molar-refractivity contribution in [3.05, 3.63) is 41.2 Å². The summed E-state index contributed by atoms with van der Waals surface area (Å²) >= 11 is 5.92. The lowest BCUT2D eigenvalue weighted by atomic mass is 10.3. The summed E-state index contributed by atoms with van der Waals surface area (Å²) in [6.45, 7) is 0. The molecule has 1 heterocycles. The maximum absolute atomic E-state index is 8.74. The van der Waals surface area contributed by atoms with Crippen LogP contribution in [0.4, 0.5) is 11.6 Å². The molecule has 0 saturated carbocycles. The van der Waals surface area contributed by atoms with Gasteiger partial charge in [-0.15, -0.1) is 0 Å². The van der Waals surface area contributed by atoms with Crippen LogP contribution in [0.5, 0.6) is 5.75 Å². The molecule has 1 N–H and O–H groups in total. The molecule has 0 atom stereocenters. The van der Waals surface area contributed by atoms with Gasteiger partial charge in [-0.3, -0.25) is 0 Å². The SMILES string of the molecule is COc1cc(Nc2nccc(C#N)n2)ccc1Cl. The fourth-order valence-electron chi connectivity index (χ4n) is 1.35. The van der Waals surface area contributed by atoms with Gasteiger partial charge in [0.05, 0.1) is 12.1 Å². The molecule has 5 nitrogen and oxygen atoms in total. The van der Waals surface area contributed by atoms with Gasteiger partial charge in [0.15, 0.2) is 0 Å². The number of nitrogens with zero attached hydrogens (tertiary/aromatic N) is 3. The molecule has 2 rings (SSSR count). The Morgan fingerprint density at radius 3 is 2.94 bits per heavy atom. The van der Waals surface area contributed by atoms with Gasteiger partial charge in [0.1, 0.15) is 17.5 Å². The first kappa shape index (κ1) is 12.1. The molecule has 6 heteroatoms. The second kappa shape index (κ2) is 5.34. The van der Waals surface area contributed by atoms with Crippen LogP contribution >= 0.6 is 11.6 Å². The third-order valence-electron chi connectivity index (χ3n) is 2.18. The normalized spacial score (nSPS) is 9.61. The minimum atomic E-state index is 0.299. The Morgan fingerprint density at radius 2 is 2.22 bits per heavy atom. The smallest absolute Gasteiger partial charge is 0.228 e. The minimum absolute atomic E-state index is 0.299. The Labute approximate surface area is 109 Å². The summed E-state index contributed by atoms with van der Waals surface area (Å²) in [6.07, 6.45) is 1.51. The van der Waals surface area contributed by atoms with Crippen LogP contribution in [0.25, 0.3) is 0 Å². The quantitative estimate of drug-likeness (QED) is 0.919. The van der Waals surface area contributed by atoms with Gasteiger partial charge >= 0.3 is 0 Å². The molecule has 2 aromatic rings. The number of hydrogen-bond acceptors (Lipinski definition) is 5. The monoisotopic (exact) mass is 260 g/mol. The van der Waals surface area contributed by atoms with Crippen LogP contribution < -0.4 is 10.1 Å². The van der Waals surface area contributed by atoms with Crippen molar-refractivity contribution in [2.24, 2.45) is 0 Å². The lowest BCUT2D eigenvalue weighted by Crippen LogP contribution is -1.98. The number of nitriles is 1. The number of benzene rings is 1. The molecule has 0 radical (unpaired) electrons. The molecule has 90 valence electrons. The molecule has 0 unspecified atom stereocenters. The van der Waals surface area contributed by atoms with Gasteiger partial charge in [-0.05, 0) is 18.2 Å². The first-order chi connectivity index (χ1) is 8.72. The van der Waals surface area contributed by atoms with E-state index in [4.69, 9.17) is 21.6 Å². The van der Waals surface area contributed by atoms with Crippen LogP contribution in [0, 0.1) is 11.3 Å². The summed E-state index contributed by atoms with van der Waals surface area (Å²) in [7, 11) is 1.54. The van der Waals surface area contributed by atoms with E-state index in [0.717, 1.165) is 5.69 Å². The maximum Gasteiger partial charge on any atom is 0.228 e. The van der Waals surface area contributed by atoms with Crippen molar-refractivity contribution >= 4 is 23.2 Å². The van der Waals surface area contributed by atoms with Crippen LogP contribution in [-0.4, -0.2) is 17.1 Å². The molecule has 0 aliphatic rings. The molecular formula is C12H9ClN4O. The third-order valence-corrected chi connectivity index (χ3v) is 2.49. The lowest BCUT2D eigenvalue weighted by molar-refractivity contribution is 0.415. The molecular weight excluding hydrogens is 252 g/mol. The topological polar surface area (TPSA) is 70.8 Å². The van der Waals surface area contributed by atoms with Gasteiger partial charge in [-0.25, -0.2) is 9.97 Å².